The fourth-order valence-corrected chi connectivity index (χ4v) is 1.74. The molecule has 0 aliphatic heterocycles. The van der Waals surface area contributed by atoms with Crippen LogP contribution in [-0.2, 0) is 11.3 Å². The van der Waals surface area contributed by atoms with Crippen LogP contribution in [0.15, 0.2) is 9.68 Å². The fourth-order valence-electron chi connectivity index (χ4n) is 1.74. The summed E-state index contributed by atoms with van der Waals surface area (Å²) in [4.78, 5) is 5.07. The van der Waals surface area contributed by atoms with Crippen molar-refractivity contribution in [2.75, 3.05) is 6.61 Å². The number of aromatic nitrogens is 1. The molecule has 4 heteroatoms. The van der Waals surface area contributed by atoms with Crippen molar-refractivity contribution in [2.24, 2.45) is 5.16 Å². The number of hydrogen-bond donors (Lipinski definition) is 0. The van der Waals surface area contributed by atoms with Crippen LogP contribution in [0.2, 0.25) is 0 Å². The molecular formula is C10H14N2O2. The molecule has 1 aromatic heterocycles. The summed E-state index contributed by atoms with van der Waals surface area (Å²) in [7, 11) is 0. The molecule has 0 saturated carbocycles. The first-order valence-corrected chi connectivity index (χ1v) is 4.97. The van der Waals surface area contributed by atoms with Crippen LogP contribution in [0.1, 0.15) is 36.8 Å². The molecule has 0 N–H and O–H groups in total. The third kappa shape index (κ3) is 1.52. The molecular weight excluding hydrogens is 180 g/mol. The average molecular weight is 194 g/mol. The smallest absolute Gasteiger partial charge is 0.143 e. The van der Waals surface area contributed by atoms with Crippen molar-refractivity contribution in [1.29, 1.82) is 0 Å². The minimum absolute atomic E-state index is 0.600. The van der Waals surface area contributed by atoms with E-state index in [1.807, 2.05) is 13.8 Å². The SMILES string of the molecule is CCO/N=C1\CCCc2noc(C)c21. The van der Waals surface area contributed by atoms with Crippen LogP contribution < -0.4 is 0 Å². The van der Waals surface area contributed by atoms with E-state index in [2.05, 4.69) is 10.3 Å². The zero-order valence-electron chi connectivity index (χ0n) is 8.54. The second-order valence-corrected chi connectivity index (χ2v) is 3.37. The first-order chi connectivity index (χ1) is 6.83. The second kappa shape index (κ2) is 3.82. The maximum atomic E-state index is 5.14. The number of nitrogens with zero attached hydrogens (tertiary/aromatic N) is 2. The Hall–Kier alpha value is -1.32. The molecule has 0 bridgehead atoms. The first-order valence-electron chi connectivity index (χ1n) is 4.97. The molecule has 1 aromatic rings. The van der Waals surface area contributed by atoms with Crippen molar-refractivity contribution in [2.45, 2.75) is 33.1 Å². The summed E-state index contributed by atoms with van der Waals surface area (Å²) < 4.78 is 5.14. The van der Waals surface area contributed by atoms with Gasteiger partial charge >= 0.3 is 0 Å². The summed E-state index contributed by atoms with van der Waals surface area (Å²) in [6.45, 7) is 4.44. The van der Waals surface area contributed by atoms with Gasteiger partial charge in [0.1, 0.15) is 12.4 Å². The predicted molar refractivity (Wildman–Crippen MR) is 52.3 cm³/mol. The van der Waals surface area contributed by atoms with E-state index in [1.165, 1.54) is 0 Å². The standard InChI is InChI=1S/C10H14N2O2/c1-3-13-11-8-5-4-6-9-10(8)7(2)14-12-9/h3-6H2,1-2H3/b11-8+. The number of fused-ring (bicyclic) bond motifs is 1. The van der Waals surface area contributed by atoms with Crippen molar-refractivity contribution in [3.05, 3.63) is 17.0 Å². The quantitative estimate of drug-likeness (QED) is 0.677. The Kier molecular flexibility index (Phi) is 2.52. The van der Waals surface area contributed by atoms with E-state index in [0.29, 0.717) is 6.61 Å². The largest absolute Gasteiger partial charge is 0.396 e. The lowest BCUT2D eigenvalue weighted by Gasteiger charge is -2.11. The highest BCUT2D eigenvalue weighted by atomic mass is 16.6. The van der Waals surface area contributed by atoms with Gasteiger partial charge in [0.15, 0.2) is 0 Å². The van der Waals surface area contributed by atoms with Crippen molar-refractivity contribution < 1.29 is 9.36 Å². The van der Waals surface area contributed by atoms with Crippen LogP contribution in [0.3, 0.4) is 0 Å². The summed E-state index contributed by atoms with van der Waals surface area (Å²) in [5, 5.41) is 8.10. The summed E-state index contributed by atoms with van der Waals surface area (Å²) in [6.07, 6.45) is 3.01. The summed E-state index contributed by atoms with van der Waals surface area (Å²) in [5.41, 5.74) is 3.06. The van der Waals surface area contributed by atoms with Gasteiger partial charge in [-0.15, -0.1) is 0 Å². The Morgan fingerprint density at radius 2 is 2.36 bits per heavy atom. The van der Waals surface area contributed by atoms with E-state index < -0.39 is 0 Å². The molecule has 2 rings (SSSR count). The lowest BCUT2D eigenvalue weighted by molar-refractivity contribution is 0.158. The van der Waals surface area contributed by atoms with Crippen LogP contribution in [-0.4, -0.2) is 17.5 Å². The third-order valence-corrected chi connectivity index (χ3v) is 2.35. The fraction of sp³-hybridized carbons (Fsp3) is 0.600. The molecule has 0 saturated heterocycles. The van der Waals surface area contributed by atoms with Gasteiger partial charge in [-0.2, -0.15) is 0 Å². The highest BCUT2D eigenvalue weighted by Crippen LogP contribution is 2.24. The highest BCUT2D eigenvalue weighted by molar-refractivity contribution is 6.02. The lowest BCUT2D eigenvalue weighted by atomic mass is 9.94. The zero-order chi connectivity index (χ0) is 9.97. The Balaban J connectivity index is 2.34. The Bertz CT molecular complexity index is 355. The molecule has 14 heavy (non-hydrogen) atoms. The second-order valence-electron chi connectivity index (χ2n) is 3.37. The minimum atomic E-state index is 0.600. The Morgan fingerprint density at radius 3 is 3.14 bits per heavy atom. The Labute approximate surface area is 82.9 Å². The summed E-state index contributed by atoms with van der Waals surface area (Å²) in [5.74, 6) is 0.846. The van der Waals surface area contributed by atoms with Gasteiger partial charge < -0.3 is 9.36 Å². The lowest BCUT2D eigenvalue weighted by Crippen LogP contribution is -2.12. The molecule has 0 unspecified atom stereocenters. The van der Waals surface area contributed by atoms with Gasteiger partial charge in [-0.3, -0.25) is 0 Å². The van der Waals surface area contributed by atoms with Crippen molar-refractivity contribution in [3.8, 4) is 0 Å². The molecule has 0 spiro atoms. The molecule has 0 aromatic carbocycles. The van der Waals surface area contributed by atoms with E-state index in [4.69, 9.17) is 9.36 Å². The van der Waals surface area contributed by atoms with Crippen molar-refractivity contribution in [3.63, 3.8) is 0 Å². The van der Waals surface area contributed by atoms with Crippen LogP contribution in [0.25, 0.3) is 0 Å². The number of hydrogen-bond acceptors (Lipinski definition) is 4. The van der Waals surface area contributed by atoms with Crippen LogP contribution in [0.5, 0.6) is 0 Å². The van der Waals surface area contributed by atoms with Gasteiger partial charge in [0, 0.05) is 0 Å². The van der Waals surface area contributed by atoms with Gasteiger partial charge in [-0.25, -0.2) is 0 Å². The molecule has 0 amide bonds. The van der Waals surface area contributed by atoms with Gasteiger partial charge in [-0.05, 0) is 33.1 Å². The molecule has 4 nitrogen and oxygen atoms in total. The van der Waals surface area contributed by atoms with E-state index in [0.717, 1.165) is 42.0 Å². The van der Waals surface area contributed by atoms with Crippen LogP contribution in [0, 0.1) is 6.92 Å². The maximum Gasteiger partial charge on any atom is 0.143 e. The topological polar surface area (TPSA) is 47.6 Å². The van der Waals surface area contributed by atoms with Crippen LogP contribution in [0.4, 0.5) is 0 Å². The van der Waals surface area contributed by atoms with Crippen molar-refractivity contribution in [1.82, 2.24) is 5.16 Å². The zero-order valence-corrected chi connectivity index (χ0v) is 8.54. The van der Waals surface area contributed by atoms with E-state index >= 15 is 0 Å². The molecule has 1 aliphatic carbocycles. The predicted octanol–water partition coefficient (Wildman–Crippen LogP) is 2.06. The minimum Gasteiger partial charge on any atom is -0.396 e. The summed E-state index contributed by atoms with van der Waals surface area (Å²) >= 11 is 0. The Morgan fingerprint density at radius 1 is 1.50 bits per heavy atom. The molecule has 0 fully saturated rings. The first kappa shape index (κ1) is 9.24. The molecule has 0 atom stereocenters. The molecule has 76 valence electrons. The van der Waals surface area contributed by atoms with Crippen molar-refractivity contribution >= 4 is 5.71 Å². The number of oxime groups is 1. The normalized spacial score (nSPS) is 18.3. The highest BCUT2D eigenvalue weighted by Gasteiger charge is 2.22. The maximum absolute atomic E-state index is 5.14. The third-order valence-electron chi connectivity index (χ3n) is 2.35. The van der Waals surface area contributed by atoms with Crippen LogP contribution >= 0.6 is 0 Å². The molecule has 1 heterocycles. The van der Waals surface area contributed by atoms with E-state index in [1.54, 1.807) is 0 Å². The molecule has 1 aliphatic rings. The van der Waals surface area contributed by atoms with Gasteiger partial charge in [0.25, 0.3) is 0 Å². The van der Waals surface area contributed by atoms with Gasteiger partial charge in [0.05, 0.1) is 17.0 Å². The van der Waals surface area contributed by atoms with Gasteiger partial charge in [-0.1, -0.05) is 10.3 Å². The monoisotopic (exact) mass is 194 g/mol. The average Bonchev–Trinajstić information content (AvgIpc) is 2.58. The van der Waals surface area contributed by atoms with E-state index in [-0.39, 0.29) is 0 Å². The number of rotatable bonds is 2. The number of aryl methyl sites for hydroxylation is 2. The van der Waals surface area contributed by atoms with E-state index in [9.17, 15) is 0 Å². The summed E-state index contributed by atoms with van der Waals surface area (Å²) in [6, 6.07) is 0. The van der Waals surface area contributed by atoms with Gasteiger partial charge in [0.2, 0.25) is 0 Å². The molecule has 0 radical (unpaired) electrons.